The van der Waals surface area contributed by atoms with Crippen molar-refractivity contribution in [2.45, 2.75) is 20.3 Å². The minimum Gasteiger partial charge on any atom is -0.361 e. The molecule has 0 saturated carbocycles. The molecule has 0 fully saturated rings. The molecule has 0 aliphatic rings. The minimum absolute atomic E-state index is 0.651. The van der Waals surface area contributed by atoms with Crippen molar-refractivity contribution >= 4 is 0 Å². The van der Waals surface area contributed by atoms with Crippen LogP contribution in [0.1, 0.15) is 19.6 Å². The van der Waals surface area contributed by atoms with E-state index >= 15 is 0 Å². The lowest BCUT2D eigenvalue weighted by Crippen LogP contribution is -1.90. The Hall–Kier alpha value is -0.790. The lowest BCUT2D eigenvalue weighted by molar-refractivity contribution is 0.369. The molecule has 9 heavy (non-hydrogen) atoms. The number of rotatable bonds is 2. The van der Waals surface area contributed by atoms with Crippen LogP contribution in [0, 0.1) is 5.92 Å². The van der Waals surface area contributed by atoms with E-state index in [2.05, 4.69) is 19.0 Å². The van der Waals surface area contributed by atoms with E-state index in [1.165, 1.54) is 0 Å². The van der Waals surface area contributed by atoms with Gasteiger partial charge in [-0.3, -0.25) is 0 Å². The van der Waals surface area contributed by atoms with Gasteiger partial charge in [0, 0.05) is 12.5 Å². The minimum atomic E-state index is 0.651. The topological polar surface area (TPSA) is 26.0 Å². The molecular formula is C7H11NO. The molecule has 50 valence electrons. The number of hydrogen-bond donors (Lipinski definition) is 0. The fourth-order valence-corrected chi connectivity index (χ4v) is 0.750. The molecule has 0 aliphatic heterocycles. The molecule has 0 aliphatic carbocycles. The van der Waals surface area contributed by atoms with E-state index < -0.39 is 0 Å². The van der Waals surface area contributed by atoms with Gasteiger partial charge in [0.15, 0.2) is 0 Å². The first-order valence-electron chi connectivity index (χ1n) is 3.18. The molecule has 1 heterocycles. The number of hydrogen-bond acceptors (Lipinski definition) is 2. The molecule has 0 bridgehead atoms. The summed E-state index contributed by atoms with van der Waals surface area (Å²) in [7, 11) is 0. The van der Waals surface area contributed by atoms with Crippen LogP contribution in [0.5, 0.6) is 0 Å². The largest absolute Gasteiger partial charge is 0.361 e. The molecule has 0 radical (unpaired) electrons. The van der Waals surface area contributed by atoms with Crippen LogP contribution in [-0.4, -0.2) is 5.16 Å². The van der Waals surface area contributed by atoms with Crippen LogP contribution in [0.15, 0.2) is 16.8 Å². The maximum absolute atomic E-state index is 4.89. The first kappa shape index (κ1) is 6.33. The summed E-state index contributed by atoms with van der Waals surface area (Å²) in [6.45, 7) is 4.31. The first-order valence-corrected chi connectivity index (χ1v) is 3.18. The summed E-state index contributed by atoms with van der Waals surface area (Å²) in [4.78, 5) is 0. The average molecular weight is 125 g/mol. The van der Waals surface area contributed by atoms with Crippen LogP contribution in [-0.2, 0) is 6.42 Å². The third kappa shape index (κ3) is 1.88. The van der Waals surface area contributed by atoms with Crippen LogP contribution < -0.4 is 0 Å². The third-order valence-electron chi connectivity index (χ3n) is 1.10. The highest BCUT2D eigenvalue weighted by Gasteiger charge is 1.98. The standard InChI is InChI=1S/C7H11NO/c1-6(2)5-7-3-4-8-9-7/h3-4,6H,5H2,1-2H3. The summed E-state index contributed by atoms with van der Waals surface area (Å²) in [6.07, 6.45) is 2.66. The van der Waals surface area contributed by atoms with Crippen molar-refractivity contribution in [3.63, 3.8) is 0 Å². The van der Waals surface area contributed by atoms with Gasteiger partial charge >= 0.3 is 0 Å². The van der Waals surface area contributed by atoms with E-state index in [9.17, 15) is 0 Å². The fourth-order valence-electron chi connectivity index (χ4n) is 0.750. The number of aromatic nitrogens is 1. The maximum Gasteiger partial charge on any atom is 0.136 e. The van der Waals surface area contributed by atoms with Crippen molar-refractivity contribution in [2.75, 3.05) is 0 Å². The Morgan fingerprint density at radius 3 is 2.89 bits per heavy atom. The Balaban J connectivity index is 2.48. The van der Waals surface area contributed by atoms with Gasteiger partial charge in [-0.25, -0.2) is 0 Å². The lowest BCUT2D eigenvalue weighted by atomic mass is 10.1. The Kier molecular flexibility index (Phi) is 1.88. The fraction of sp³-hybridized carbons (Fsp3) is 0.571. The predicted octanol–water partition coefficient (Wildman–Crippen LogP) is 1.87. The summed E-state index contributed by atoms with van der Waals surface area (Å²) in [5.74, 6) is 1.63. The Bertz CT molecular complexity index is 155. The van der Waals surface area contributed by atoms with Crippen molar-refractivity contribution < 1.29 is 4.52 Å². The van der Waals surface area contributed by atoms with E-state index in [0.717, 1.165) is 12.2 Å². The van der Waals surface area contributed by atoms with Gasteiger partial charge in [-0.05, 0) is 5.92 Å². The molecule has 0 spiro atoms. The van der Waals surface area contributed by atoms with Gasteiger partial charge in [-0.2, -0.15) is 0 Å². The third-order valence-corrected chi connectivity index (χ3v) is 1.10. The first-order chi connectivity index (χ1) is 4.29. The lowest BCUT2D eigenvalue weighted by Gasteiger charge is -1.96. The molecule has 1 aromatic heterocycles. The zero-order chi connectivity index (χ0) is 6.69. The summed E-state index contributed by atoms with van der Waals surface area (Å²) in [6, 6.07) is 1.90. The van der Waals surface area contributed by atoms with Gasteiger partial charge in [0.2, 0.25) is 0 Å². The van der Waals surface area contributed by atoms with E-state index in [0.29, 0.717) is 5.92 Å². The zero-order valence-corrected chi connectivity index (χ0v) is 5.79. The van der Waals surface area contributed by atoms with Gasteiger partial charge in [0.25, 0.3) is 0 Å². The van der Waals surface area contributed by atoms with Crippen LogP contribution in [0.3, 0.4) is 0 Å². The van der Waals surface area contributed by atoms with Gasteiger partial charge in [-0.15, -0.1) is 0 Å². The highest BCUT2D eigenvalue weighted by Crippen LogP contribution is 2.05. The second-order valence-electron chi connectivity index (χ2n) is 2.58. The molecule has 1 aromatic rings. The molecule has 0 atom stereocenters. The zero-order valence-electron chi connectivity index (χ0n) is 5.79. The highest BCUT2D eigenvalue weighted by molar-refractivity contribution is 4.93. The van der Waals surface area contributed by atoms with Crippen molar-refractivity contribution in [3.8, 4) is 0 Å². The van der Waals surface area contributed by atoms with E-state index in [1.807, 2.05) is 6.07 Å². The van der Waals surface area contributed by atoms with Crippen LogP contribution in [0.2, 0.25) is 0 Å². The van der Waals surface area contributed by atoms with Crippen LogP contribution in [0.25, 0.3) is 0 Å². The second kappa shape index (κ2) is 2.67. The molecular weight excluding hydrogens is 114 g/mol. The molecule has 0 unspecified atom stereocenters. The highest BCUT2D eigenvalue weighted by atomic mass is 16.5. The molecule has 2 heteroatoms. The van der Waals surface area contributed by atoms with Gasteiger partial charge < -0.3 is 4.52 Å². The monoisotopic (exact) mass is 125 g/mol. The maximum atomic E-state index is 4.89. The van der Waals surface area contributed by atoms with Crippen molar-refractivity contribution in [1.29, 1.82) is 0 Å². The molecule has 0 aromatic carbocycles. The van der Waals surface area contributed by atoms with Crippen LogP contribution >= 0.6 is 0 Å². The SMILES string of the molecule is CC(C)Cc1ccno1. The van der Waals surface area contributed by atoms with Crippen LogP contribution in [0.4, 0.5) is 0 Å². The molecule has 0 saturated heterocycles. The second-order valence-corrected chi connectivity index (χ2v) is 2.58. The summed E-state index contributed by atoms with van der Waals surface area (Å²) >= 11 is 0. The predicted molar refractivity (Wildman–Crippen MR) is 35.0 cm³/mol. The Morgan fingerprint density at radius 1 is 1.67 bits per heavy atom. The molecule has 2 nitrogen and oxygen atoms in total. The normalized spacial score (nSPS) is 10.6. The van der Waals surface area contributed by atoms with Gasteiger partial charge in [0.1, 0.15) is 5.76 Å². The van der Waals surface area contributed by atoms with E-state index in [1.54, 1.807) is 6.20 Å². The molecule has 1 rings (SSSR count). The van der Waals surface area contributed by atoms with Crippen molar-refractivity contribution in [3.05, 3.63) is 18.0 Å². The Morgan fingerprint density at radius 2 is 2.44 bits per heavy atom. The molecule has 0 N–H and O–H groups in total. The smallest absolute Gasteiger partial charge is 0.136 e. The summed E-state index contributed by atoms with van der Waals surface area (Å²) in [5, 5.41) is 3.60. The Labute approximate surface area is 54.9 Å². The van der Waals surface area contributed by atoms with Gasteiger partial charge in [0.05, 0.1) is 6.20 Å². The number of nitrogens with zero attached hydrogens (tertiary/aromatic N) is 1. The van der Waals surface area contributed by atoms with E-state index in [4.69, 9.17) is 4.52 Å². The summed E-state index contributed by atoms with van der Waals surface area (Å²) in [5.41, 5.74) is 0. The van der Waals surface area contributed by atoms with Crippen molar-refractivity contribution in [2.24, 2.45) is 5.92 Å². The van der Waals surface area contributed by atoms with Gasteiger partial charge in [-0.1, -0.05) is 19.0 Å². The molecule has 0 amide bonds. The van der Waals surface area contributed by atoms with Crippen molar-refractivity contribution in [1.82, 2.24) is 5.16 Å². The summed E-state index contributed by atoms with van der Waals surface area (Å²) < 4.78 is 4.89. The van der Waals surface area contributed by atoms with E-state index in [-0.39, 0.29) is 0 Å². The quantitative estimate of drug-likeness (QED) is 0.603. The average Bonchev–Trinajstić information content (AvgIpc) is 2.15.